The molecule has 0 fully saturated rings. The van der Waals surface area contributed by atoms with Crippen LogP contribution < -0.4 is 5.43 Å². The zero-order valence-corrected chi connectivity index (χ0v) is 8.75. The second-order valence-electron chi connectivity index (χ2n) is 3.45. The van der Waals surface area contributed by atoms with E-state index in [0.29, 0.717) is 0 Å². The van der Waals surface area contributed by atoms with Crippen molar-refractivity contribution in [1.29, 1.82) is 0 Å². The molecule has 15 heavy (non-hydrogen) atoms. The molecular formula is C13H8OS. The highest BCUT2D eigenvalue weighted by Gasteiger charge is 2.02. The number of benzene rings is 1. The summed E-state index contributed by atoms with van der Waals surface area (Å²) in [6.45, 7) is 0. The Morgan fingerprint density at radius 3 is 2.47 bits per heavy atom. The van der Waals surface area contributed by atoms with Gasteiger partial charge >= 0.3 is 0 Å². The summed E-state index contributed by atoms with van der Waals surface area (Å²) in [5.74, 6) is 0. The maximum Gasteiger partial charge on any atom is 0.179 e. The van der Waals surface area contributed by atoms with Crippen LogP contribution >= 0.6 is 11.3 Å². The molecule has 0 atom stereocenters. The predicted molar refractivity (Wildman–Crippen MR) is 65.6 cm³/mol. The molecule has 1 nitrogen and oxygen atoms in total. The van der Waals surface area contributed by atoms with Gasteiger partial charge in [0.15, 0.2) is 5.43 Å². The van der Waals surface area contributed by atoms with Crippen LogP contribution in [0.25, 0.3) is 20.2 Å². The molecule has 0 aliphatic heterocycles. The normalized spacial score (nSPS) is 10.9. The van der Waals surface area contributed by atoms with E-state index >= 15 is 0 Å². The fourth-order valence-electron chi connectivity index (χ4n) is 1.78. The molecule has 0 saturated heterocycles. The summed E-state index contributed by atoms with van der Waals surface area (Å²) in [7, 11) is 0. The van der Waals surface area contributed by atoms with E-state index in [1.165, 1.54) is 14.8 Å². The van der Waals surface area contributed by atoms with Gasteiger partial charge in [-0.2, -0.15) is 0 Å². The number of hydrogen-bond acceptors (Lipinski definition) is 2. The fourth-order valence-corrected chi connectivity index (χ4v) is 2.87. The molecule has 3 rings (SSSR count). The molecule has 2 heteroatoms. The van der Waals surface area contributed by atoms with E-state index in [9.17, 15) is 4.79 Å². The zero-order valence-electron chi connectivity index (χ0n) is 7.94. The highest BCUT2D eigenvalue weighted by molar-refractivity contribution is 7.25. The van der Waals surface area contributed by atoms with Gasteiger partial charge in [-0.05, 0) is 24.3 Å². The molecular weight excluding hydrogens is 204 g/mol. The van der Waals surface area contributed by atoms with Gasteiger partial charge in [-0.15, -0.1) is 11.3 Å². The van der Waals surface area contributed by atoms with Gasteiger partial charge in [0.25, 0.3) is 0 Å². The maximum atomic E-state index is 11.4. The predicted octanol–water partition coefficient (Wildman–Crippen LogP) is 3.41. The van der Waals surface area contributed by atoms with Gasteiger partial charge in [-0.1, -0.05) is 24.3 Å². The molecule has 0 spiro atoms. The molecule has 72 valence electrons. The van der Waals surface area contributed by atoms with Crippen molar-refractivity contribution >= 4 is 31.5 Å². The van der Waals surface area contributed by atoms with Crippen LogP contribution in [-0.2, 0) is 0 Å². The van der Waals surface area contributed by atoms with E-state index in [-0.39, 0.29) is 5.43 Å². The van der Waals surface area contributed by atoms with Crippen molar-refractivity contribution in [1.82, 2.24) is 0 Å². The summed E-state index contributed by atoms with van der Waals surface area (Å²) < 4.78 is 2.40. The number of rotatable bonds is 0. The third kappa shape index (κ3) is 1.34. The molecule has 0 bridgehead atoms. The molecule has 0 N–H and O–H groups in total. The Kier molecular flexibility index (Phi) is 1.82. The molecule has 0 amide bonds. The molecule has 0 aliphatic rings. The number of hydrogen-bond donors (Lipinski definition) is 0. The Morgan fingerprint density at radius 1 is 0.800 bits per heavy atom. The Morgan fingerprint density at radius 2 is 1.53 bits per heavy atom. The largest absolute Gasteiger partial charge is 0.290 e. The lowest BCUT2D eigenvalue weighted by atomic mass is 10.2. The number of thiophene rings is 1. The summed E-state index contributed by atoms with van der Waals surface area (Å²) in [6.07, 6.45) is 0. The molecule has 0 saturated carbocycles. The van der Waals surface area contributed by atoms with E-state index in [1.807, 2.05) is 24.3 Å². The molecule has 1 aromatic heterocycles. The third-order valence-corrected chi connectivity index (χ3v) is 3.61. The summed E-state index contributed by atoms with van der Waals surface area (Å²) in [4.78, 5) is 11.4. The minimum atomic E-state index is 0.0635. The van der Waals surface area contributed by atoms with Gasteiger partial charge < -0.3 is 0 Å². The molecule has 2 aromatic carbocycles. The summed E-state index contributed by atoms with van der Waals surface area (Å²) in [5.41, 5.74) is 0.0635. The van der Waals surface area contributed by atoms with Crippen molar-refractivity contribution < 1.29 is 0 Å². The van der Waals surface area contributed by atoms with Gasteiger partial charge in [0.1, 0.15) is 0 Å². The van der Waals surface area contributed by atoms with Crippen molar-refractivity contribution in [3.63, 3.8) is 0 Å². The van der Waals surface area contributed by atoms with Gasteiger partial charge in [0, 0.05) is 20.2 Å². The Balaban J connectivity index is 2.65. The highest BCUT2D eigenvalue weighted by Crippen LogP contribution is 2.31. The Bertz CT molecular complexity index is 697. The number of fused-ring (bicyclic) bond motifs is 3. The van der Waals surface area contributed by atoms with Crippen molar-refractivity contribution in [3.8, 4) is 0 Å². The van der Waals surface area contributed by atoms with Gasteiger partial charge in [0.2, 0.25) is 0 Å². The van der Waals surface area contributed by atoms with Crippen molar-refractivity contribution in [2.24, 2.45) is 0 Å². The fraction of sp³-hybridized carbons (Fsp3) is 0. The zero-order chi connectivity index (χ0) is 10.3. The minimum Gasteiger partial charge on any atom is -0.290 e. The van der Waals surface area contributed by atoms with Crippen molar-refractivity contribution in [2.45, 2.75) is 0 Å². The van der Waals surface area contributed by atoms with Crippen LogP contribution in [0.15, 0.2) is 53.3 Å². The SMILES string of the molecule is O=c1cccc2sc3ccccc3c2c1. The lowest BCUT2D eigenvalue weighted by Gasteiger charge is -1.85. The van der Waals surface area contributed by atoms with Crippen LogP contribution in [0, 0.1) is 0 Å². The first-order chi connectivity index (χ1) is 7.34. The highest BCUT2D eigenvalue weighted by atomic mass is 32.1. The first-order valence-corrected chi connectivity index (χ1v) is 5.58. The van der Waals surface area contributed by atoms with Crippen LogP contribution in [0.2, 0.25) is 0 Å². The second-order valence-corrected chi connectivity index (χ2v) is 4.53. The van der Waals surface area contributed by atoms with Crippen LogP contribution in [0.1, 0.15) is 0 Å². The first kappa shape index (κ1) is 8.62. The lowest BCUT2D eigenvalue weighted by molar-refractivity contribution is 1.70. The van der Waals surface area contributed by atoms with E-state index in [4.69, 9.17) is 0 Å². The summed E-state index contributed by atoms with van der Waals surface area (Å²) in [5, 5.41) is 2.23. The molecule has 0 radical (unpaired) electrons. The van der Waals surface area contributed by atoms with Crippen molar-refractivity contribution in [2.75, 3.05) is 0 Å². The minimum absolute atomic E-state index is 0.0635. The van der Waals surface area contributed by atoms with Crippen molar-refractivity contribution in [3.05, 3.63) is 58.8 Å². The Hall–Kier alpha value is -1.67. The van der Waals surface area contributed by atoms with Crippen LogP contribution in [0.4, 0.5) is 0 Å². The molecule has 0 aliphatic carbocycles. The van der Waals surface area contributed by atoms with Crippen LogP contribution in [0.3, 0.4) is 0 Å². The maximum absolute atomic E-state index is 11.4. The van der Waals surface area contributed by atoms with Crippen LogP contribution in [-0.4, -0.2) is 0 Å². The van der Waals surface area contributed by atoms with E-state index in [1.54, 1.807) is 23.5 Å². The smallest absolute Gasteiger partial charge is 0.179 e. The monoisotopic (exact) mass is 212 g/mol. The molecule has 0 unspecified atom stereocenters. The molecule has 3 aromatic rings. The van der Waals surface area contributed by atoms with Crippen LogP contribution in [0.5, 0.6) is 0 Å². The quantitative estimate of drug-likeness (QED) is 0.558. The van der Waals surface area contributed by atoms with E-state index < -0.39 is 0 Å². The summed E-state index contributed by atoms with van der Waals surface area (Å²) >= 11 is 1.72. The van der Waals surface area contributed by atoms with E-state index in [2.05, 4.69) is 12.1 Å². The lowest BCUT2D eigenvalue weighted by Crippen LogP contribution is -1.88. The topological polar surface area (TPSA) is 17.1 Å². The average molecular weight is 212 g/mol. The van der Waals surface area contributed by atoms with Gasteiger partial charge in [-0.3, -0.25) is 4.79 Å². The Labute approximate surface area is 90.6 Å². The molecule has 1 heterocycles. The average Bonchev–Trinajstić information content (AvgIpc) is 2.47. The summed E-state index contributed by atoms with van der Waals surface area (Å²) in [6, 6.07) is 15.3. The van der Waals surface area contributed by atoms with Gasteiger partial charge in [0.05, 0.1) is 0 Å². The first-order valence-electron chi connectivity index (χ1n) is 4.76. The third-order valence-electron chi connectivity index (χ3n) is 2.46. The second kappa shape index (κ2) is 3.17. The standard InChI is InChI=1S/C13H8OS/c14-9-4-3-7-13-11(8-9)10-5-1-2-6-12(10)15-13/h1-8H. The van der Waals surface area contributed by atoms with Gasteiger partial charge in [-0.25, -0.2) is 0 Å². The van der Waals surface area contributed by atoms with E-state index in [0.717, 1.165) is 5.39 Å².